The topological polar surface area (TPSA) is 82.4 Å². The largest absolute Gasteiger partial charge is 0.452 e. The van der Waals surface area contributed by atoms with Gasteiger partial charge in [0, 0.05) is 12.6 Å². The van der Waals surface area contributed by atoms with Crippen molar-refractivity contribution in [3.05, 3.63) is 57.3 Å². The monoisotopic (exact) mass is 433 g/mol. The molecular weight excluding hydrogens is 413 g/mol. The molecule has 0 unspecified atom stereocenters. The van der Waals surface area contributed by atoms with Crippen LogP contribution < -0.4 is 15.6 Å². The Bertz CT molecular complexity index is 1200. The number of rotatable bonds is 3. The number of anilines is 1. The van der Waals surface area contributed by atoms with Crippen molar-refractivity contribution in [3.63, 3.8) is 0 Å². The second kappa shape index (κ2) is 7.95. The molecule has 2 aromatic carbocycles. The van der Waals surface area contributed by atoms with Crippen LogP contribution in [0.25, 0.3) is 10.9 Å². The highest BCUT2D eigenvalue weighted by molar-refractivity contribution is 6.35. The Hall–Kier alpha value is -3.13. The summed E-state index contributed by atoms with van der Waals surface area (Å²) in [7, 11) is 1.59. The first kappa shape index (κ1) is 21.6. The predicted molar refractivity (Wildman–Crippen MR) is 113 cm³/mol. The molecule has 1 heterocycles. The molecule has 0 spiro atoms. The van der Waals surface area contributed by atoms with Gasteiger partial charge in [0.15, 0.2) is 11.6 Å². The molecule has 0 atom stereocenters. The highest BCUT2D eigenvalue weighted by atomic mass is 35.5. The number of aromatic nitrogens is 2. The zero-order chi connectivity index (χ0) is 22.2. The lowest BCUT2D eigenvalue weighted by atomic mass is 10.1. The van der Waals surface area contributed by atoms with Crippen LogP contribution in [-0.4, -0.2) is 21.2 Å². The molecule has 30 heavy (non-hydrogen) atoms. The molecule has 1 amide bonds. The highest BCUT2D eigenvalue weighted by Crippen LogP contribution is 2.39. The van der Waals surface area contributed by atoms with E-state index in [1.165, 1.54) is 17.0 Å². The number of carbonyl (C=O) groups excluding carboxylic acids is 1. The van der Waals surface area contributed by atoms with Gasteiger partial charge in [-0.2, -0.15) is 0 Å². The third-order valence-electron chi connectivity index (χ3n) is 4.19. The number of halogens is 2. The highest BCUT2D eigenvalue weighted by Gasteiger charge is 2.21. The number of carbonyl (C=O) groups is 1. The van der Waals surface area contributed by atoms with Gasteiger partial charge in [-0.1, -0.05) is 11.6 Å². The van der Waals surface area contributed by atoms with Crippen LogP contribution >= 0.6 is 11.6 Å². The van der Waals surface area contributed by atoms with Crippen molar-refractivity contribution in [2.24, 2.45) is 7.05 Å². The number of fused-ring (bicyclic) bond motifs is 1. The molecule has 1 N–H and O–H groups in total. The number of nitrogens with zero attached hydrogens (tertiary/aromatic N) is 2. The Morgan fingerprint density at radius 2 is 1.93 bits per heavy atom. The molecule has 0 fully saturated rings. The van der Waals surface area contributed by atoms with E-state index in [0.717, 1.165) is 6.07 Å². The number of benzene rings is 2. The van der Waals surface area contributed by atoms with E-state index in [1.807, 2.05) is 0 Å². The molecule has 3 aromatic rings. The second-order valence-electron chi connectivity index (χ2n) is 7.71. The fraction of sp³-hybridized carbons (Fsp3) is 0.286. The number of hydrogen-bond donors (Lipinski definition) is 1. The van der Waals surface area contributed by atoms with E-state index < -0.39 is 17.5 Å². The van der Waals surface area contributed by atoms with Crippen LogP contribution in [0.15, 0.2) is 35.4 Å². The molecule has 0 radical (unpaired) electrons. The first-order valence-corrected chi connectivity index (χ1v) is 9.46. The quantitative estimate of drug-likeness (QED) is 0.615. The molecule has 0 bridgehead atoms. The molecule has 0 aliphatic carbocycles. The van der Waals surface area contributed by atoms with Gasteiger partial charge in [-0.25, -0.2) is 14.2 Å². The molecule has 0 aliphatic heterocycles. The van der Waals surface area contributed by atoms with Gasteiger partial charge in [0.2, 0.25) is 0 Å². The average molecular weight is 434 g/mol. The maximum Gasteiger partial charge on any atom is 0.412 e. The Balaban J connectivity index is 1.99. The molecule has 158 valence electrons. The number of amides is 1. The fourth-order valence-corrected chi connectivity index (χ4v) is 3.03. The molecule has 0 aliphatic rings. The molecule has 7 nitrogen and oxygen atoms in total. The minimum atomic E-state index is -0.738. The Labute approximate surface area is 177 Å². The van der Waals surface area contributed by atoms with Crippen LogP contribution in [0.1, 0.15) is 26.3 Å². The number of nitrogens with one attached hydrogen (secondary N) is 1. The summed E-state index contributed by atoms with van der Waals surface area (Å²) in [6.45, 7) is 6.83. The van der Waals surface area contributed by atoms with Gasteiger partial charge in [0.05, 0.1) is 22.9 Å². The zero-order valence-corrected chi connectivity index (χ0v) is 17.9. The summed E-state index contributed by atoms with van der Waals surface area (Å²) in [5.74, 6) is -0.774. The molecule has 9 heteroatoms. The second-order valence-corrected chi connectivity index (χ2v) is 8.09. The summed E-state index contributed by atoms with van der Waals surface area (Å²) < 4.78 is 26.7. The van der Waals surface area contributed by atoms with E-state index in [9.17, 15) is 14.0 Å². The Kier molecular flexibility index (Phi) is 5.72. The summed E-state index contributed by atoms with van der Waals surface area (Å²) in [5.41, 5.74) is 0.142. The van der Waals surface area contributed by atoms with Crippen molar-refractivity contribution in [1.29, 1.82) is 0 Å². The zero-order valence-electron chi connectivity index (χ0n) is 17.2. The van der Waals surface area contributed by atoms with Crippen LogP contribution in [0, 0.1) is 12.7 Å². The van der Waals surface area contributed by atoms with E-state index in [0.29, 0.717) is 16.5 Å². The minimum Gasteiger partial charge on any atom is -0.452 e. The first-order chi connectivity index (χ1) is 14.0. The number of hydrogen-bond acceptors (Lipinski definition) is 5. The van der Waals surface area contributed by atoms with Crippen molar-refractivity contribution in [2.75, 3.05) is 5.32 Å². The third kappa shape index (κ3) is 4.38. The number of aryl methyl sites for hydroxylation is 2. The van der Waals surface area contributed by atoms with Gasteiger partial charge in [-0.3, -0.25) is 10.1 Å². The van der Waals surface area contributed by atoms with Gasteiger partial charge >= 0.3 is 6.09 Å². The van der Waals surface area contributed by atoms with Gasteiger partial charge in [0.25, 0.3) is 5.56 Å². The normalized spacial score (nSPS) is 11.4. The Morgan fingerprint density at radius 3 is 2.60 bits per heavy atom. The third-order valence-corrected chi connectivity index (χ3v) is 4.57. The summed E-state index contributed by atoms with van der Waals surface area (Å²) in [5, 5.41) is 2.70. The molecule has 0 saturated carbocycles. The van der Waals surface area contributed by atoms with Gasteiger partial charge in [-0.15, -0.1) is 0 Å². The van der Waals surface area contributed by atoms with Crippen LogP contribution in [0.2, 0.25) is 5.02 Å². The summed E-state index contributed by atoms with van der Waals surface area (Å²) >= 11 is 6.29. The van der Waals surface area contributed by atoms with Crippen molar-refractivity contribution in [2.45, 2.75) is 33.3 Å². The lowest BCUT2D eigenvalue weighted by Crippen LogP contribution is -2.27. The van der Waals surface area contributed by atoms with Gasteiger partial charge in [0.1, 0.15) is 16.4 Å². The summed E-state index contributed by atoms with van der Waals surface area (Å²) in [6.07, 6.45) is 0.686. The lowest BCUT2D eigenvalue weighted by molar-refractivity contribution is 0.0636. The number of ether oxygens (including phenoxy) is 2. The SMILES string of the molecule is Cc1c(Oc2c(F)ccc(NC(=O)OC(C)(C)C)c2Cl)ccc2ncn(C)c(=O)c12. The lowest BCUT2D eigenvalue weighted by Gasteiger charge is -2.20. The molecule has 3 rings (SSSR count). The molecule has 1 aromatic heterocycles. The predicted octanol–water partition coefficient (Wildman–Crippen LogP) is 5.17. The van der Waals surface area contributed by atoms with E-state index in [-0.39, 0.29) is 27.8 Å². The van der Waals surface area contributed by atoms with Gasteiger partial charge in [-0.05, 0) is 52.0 Å². The van der Waals surface area contributed by atoms with E-state index in [1.54, 1.807) is 46.9 Å². The van der Waals surface area contributed by atoms with E-state index in [2.05, 4.69) is 10.3 Å². The summed E-state index contributed by atoms with van der Waals surface area (Å²) in [6, 6.07) is 5.60. The van der Waals surface area contributed by atoms with Crippen LogP contribution in [-0.2, 0) is 11.8 Å². The maximum absolute atomic E-state index is 14.5. The minimum absolute atomic E-state index is 0.123. The molecule has 0 saturated heterocycles. The van der Waals surface area contributed by atoms with E-state index >= 15 is 0 Å². The van der Waals surface area contributed by atoms with Crippen LogP contribution in [0.4, 0.5) is 14.9 Å². The van der Waals surface area contributed by atoms with Crippen molar-refractivity contribution < 1.29 is 18.7 Å². The van der Waals surface area contributed by atoms with Crippen LogP contribution in [0.5, 0.6) is 11.5 Å². The fourth-order valence-electron chi connectivity index (χ4n) is 2.79. The first-order valence-electron chi connectivity index (χ1n) is 9.08. The average Bonchev–Trinajstić information content (AvgIpc) is 2.64. The van der Waals surface area contributed by atoms with Gasteiger partial charge < -0.3 is 14.0 Å². The Morgan fingerprint density at radius 1 is 1.23 bits per heavy atom. The standard InChI is InChI=1S/C21H21ClFN3O4/c1-11-15(9-8-13-16(11)19(27)26(5)10-24-13)29-18-12(23)6-7-14(17(18)22)25-20(28)30-21(2,3)4/h6-10H,1-5H3,(H,25,28). The summed E-state index contributed by atoms with van der Waals surface area (Å²) in [4.78, 5) is 28.7. The van der Waals surface area contributed by atoms with Crippen LogP contribution in [0.3, 0.4) is 0 Å². The van der Waals surface area contributed by atoms with Crippen molar-refractivity contribution in [1.82, 2.24) is 9.55 Å². The maximum atomic E-state index is 14.5. The van der Waals surface area contributed by atoms with E-state index in [4.69, 9.17) is 21.1 Å². The van der Waals surface area contributed by atoms with Crippen molar-refractivity contribution in [3.8, 4) is 11.5 Å². The van der Waals surface area contributed by atoms with Crippen molar-refractivity contribution >= 4 is 34.3 Å². The molecular formula is C21H21ClFN3O4. The smallest absolute Gasteiger partial charge is 0.412 e.